The van der Waals surface area contributed by atoms with Gasteiger partial charge in [0.1, 0.15) is 9.88 Å². The molecule has 0 aliphatic heterocycles. The van der Waals surface area contributed by atoms with Crippen LogP contribution in [0.1, 0.15) is 33.7 Å². The molecule has 0 atom stereocenters. The Kier molecular flexibility index (Phi) is 5.37. The van der Waals surface area contributed by atoms with Gasteiger partial charge in [-0.2, -0.15) is 0 Å². The smallest absolute Gasteiger partial charge is 0.347 e. The number of carbonyl (C=O) groups excluding carboxylic acids is 1. The van der Waals surface area contributed by atoms with Crippen LogP contribution in [0.4, 0.5) is 0 Å². The standard InChI is InChI=1S/C11H13NO3S2/c1-7-10(11(14)15)17-9(12-7)5-3-4-6-16-8(2)13/h3,5H,4,6H2,1-2H3,(H,14,15). The first-order valence-corrected chi connectivity index (χ1v) is 6.81. The number of aromatic carboxylic acids is 1. The third kappa shape index (κ3) is 4.70. The van der Waals surface area contributed by atoms with Crippen LogP contribution in [0.25, 0.3) is 6.08 Å². The summed E-state index contributed by atoms with van der Waals surface area (Å²) < 4.78 is 0. The molecule has 0 fully saturated rings. The number of aryl methyl sites for hydroxylation is 1. The van der Waals surface area contributed by atoms with Crippen molar-refractivity contribution in [2.24, 2.45) is 0 Å². The van der Waals surface area contributed by atoms with Crippen molar-refractivity contribution in [1.82, 2.24) is 4.98 Å². The summed E-state index contributed by atoms with van der Waals surface area (Å²) in [7, 11) is 0. The number of carbonyl (C=O) groups is 2. The number of allylic oxidation sites excluding steroid dienone is 1. The van der Waals surface area contributed by atoms with Crippen molar-refractivity contribution >= 4 is 40.3 Å². The number of carboxylic acids is 1. The minimum absolute atomic E-state index is 0.108. The van der Waals surface area contributed by atoms with Gasteiger partial charge in [0.05, 0.1) is 5.69 Å². The van der Waals surface area contributed by atoms with Gasteiger partial charge in [0.2, 0.25) is 0 Å². The Morgan fingerprint density at radius 3 is 2.76 bits per heavy atom. The molecule has 0 spiro atoms. The van der Waals surface area contributed by atoms with Crippen LogP contribution in [0.3, 0.4) is 0 Å². The second-order valence-electron chi connectivity index (χ2n) is 3.30. The molecule has 92 valence electrons. The third-order valence-corrected chi connectivity index (χ3v) is 3.81. The second kappa shape index (κ2) is 6.56. The number of hydrogen-bond acceptors (Lipinski definition) is 5. The van der Waals surface area contributed by atoms with E-state index in [-0.39, 0.29) is 9.99 Å². The van der Waals surface area contributed by atoms with Gasteiger partial charge in [0.25, 0.3) is 0 Å². The molecular weight excluding hydrogens is 258 g/mol. The largest absolute Gasteiger partial charge is 0.477 e. The summed E-state index contributed by atoms with van der Waals surface area (Å²) in [6, 6.07) is 0. The Bertz CT molecular complexity index is 452. The highest BCUT2D eigenvalue weighted by Crippen LogP contribution is 2.19. The van der Waals surface area contributed by atoms with Crippen LogP contribution in [0.15, 0.2) is 6.08 Å². The van der Waals surface area contributed by atoms with E-state index in [0.29, 0.717) is 10.7 Å². The fourth-order valence-corrected chi connectivity index (χ4v) is 2.52. The first-order chi connectivity index (χ1) is 8.00. The SMILES string of the molecule is CC(=O)SCCC=Cc1nc(C)c(C(=O)O)s1. The summed E-state index contributed by atoms with van der Waals surface area (Å²) in [4.78, 5) is 25.9. The van der Waals surface area contributed by atoms with Gasteiger partial charge < -0.3 is 5.11 Å². The van der Waals surface area contributed by atoms with Gasteiger partial charge >= 0.3 is 5.97 Å². The van der Waals surface area contributed by atoms with Crippen LogP contribution in [0.5, 0.6) is 0 Å². The average molecular weight is 271 g/mol. The van der Waals surface area contributed by atoms with Crippen LogP contribution < -0.4 is 0 Å². The van der Waals surface area contributed by atoms with Crippen LogP contribution in [0.2, 0.25) is 0 Å². The maximum atomic E-state index is 10.8. The quantitative estimate of drug-likeness (QED) is 0.834. The fourth-order valence-electron chi connectivity index (χ4n) is 1.14. The molecule has 0 bridgehead atoms. The first kappa shape index (κ1) is 13.9. The van der Waals surface area contributed by atoms with E-state index in [4.69, 9.17) is 5.11 Å². The first-order valence-electron chi connectivity index (χ1n) is 5.01. The Hall–Kier alpha value is -1.14. The van der Waals surface area contributed by atoms with Gasteiger partial charge in [-0.3, -0.25) is 4.79 Å². The summed E-state index contributed by atoms with van der Waals surface area (Å²) in [5.74, 6) is -0.200. The minimum atomic E-state index is -0.938. The van der Waals surface area contributed by atoms with Crippen LogP contribution in [0, 0.1) is 6.92 Å². The van der Waals surface area contributed by atoms with E-state index in [2.05, 4.69) is 4.98 Å². The van der Waals surface area contributed by atoms with Gasteiger partial charge in [-0.15, -0.1) is 11.3 Å². The normalized spacial score (nSPS) is 10.9. The Morgan fingerprint density at radius 2 is 2.24 bits per heavy atom. The predicted octanol–water partition coefficient (Wildman–Crippen LogP) is 2.83. The lowest BCUT2D eigenvalue weighted by molar-refractivity contribution is -0.109. The molecule has 0 saturated heterocycles. The van der Waals surface area contributed by atoms with E-state index in [0.717, 1.165) is 23.5 Å². The number of thioether (sulfide) groups is 1. The Labute approximate surface area is 108 Å². The van der Waals surface area contributed by atoms with E-state index in [1.165, 1.54) is 18.7 Å². The Morgan fingerprint density at radius 1 is 1.53 bits per heavy atom. The average Bonchev–Trinajstić information content (AvgIpc) is 2.59. The van der Waals surface area contributed by atoms with Crippen molar-refractivity contribution in [3.8, 4) is 0 Å². The van der Waals surface area contributed by atoms with Gasteiger partial charge in [-0.05, 0) is 19.4 Å². The van der Waals surface area contributed by atoms with Crippen LogP contribution >= 0.6 is 23.1 Å². The van der Waals surface area contributed by atoms with Crippen molar-refractivity contribution in [3.05, 3.63) is 21.7 Å². The molecule has 0 amide bonds. The molecule has 0 saturated carbocycles. The zero-order valence-electron chi connectivity index (χ0n) is 9.60. The van der Waals surface area contributed by atoms with Crippen molar-refractivity contribution in [3.63, 3.8) is 0 Å². The molecule has 0 aromatic carbocycles. The summed E-state index contributed by atoms with van der Waals surface area (Å²) in [6.07, 6.45) is 4.47. The molecular formula is C11H13NO3S2. The van der Waals surface area contributed by atoms with Crippen LogP contribution in [-0.2, 0) is 4.79 Å². The molecule has 0 aliphatic carbocycles. The van der Waals surface area contributed by atoms with Gasteiger partial charge in [0, 0.05) is 12.7 Å². The van der Waals surface area contributed by atoms with Gasteiger partial charge in [-0.1, -0.05) is 17.8 Å². The highest BCUT2D eigenvalue weighted by Gasteiger charge is 2.11. The summed E-state index contributed by atoms with van der Waals surface area (Å²) >= 11 is 2.44. The number of hydrogen-bond donors (Lipinski definition) is 1. The zero-order valence-corrected chi connectivity index (χ0v) is 11.2. The molecule has 1 N–H and O–H groups in total. The predicted molar refractivity (Wildman–Crippen MR) is 70.6 cm³/mol. The van der Waals surface area contributed by atoms with E-state index in [1.54, 1.807) is 13.0 Å². The van der Waals surface area contributed by atoms with Crippen molar-refractivity contribution in [2.45, 2.75) is 20.3 Å². The molecule has 1 heterocycles. The number of carboxylic acid groups (broad SMARTS) is 1. The molecule has 1 rings (SSSR count). The van der Waals surface area contributed by atoms with E-state index < -0.39 is 5.97 Å². The van der Waals surface area contributed by atoms with Gasteiger partial charge in [-0.25, -0.2) is 9.78 Å². The lowest BCUT2D eigenvalue weighted by Crippen LogP contribution is -1.94. The fraction of sp³-hybridized carbons (Fsp3) is 0.364. The zero-order chi connectivity index (χ0) is 12.8. The molecule has 0 radical (unpaired) electrons. The molecule has 0 unspecified atom stereocenters. The minimum Gasteiger partial charge on any atom is -0.477 e. The lowest BCUT2D eigenvalue weighted by atomic mass is 10.4. The number of aromatic nitrogens is 1. The molecule has 6 heteroatoms. The summed E-state index contributed by atoms with van der Waals surface area (Å²) in [6.45, 7) is 3.22. The number of thiazole rings is 1. The third-order valence-electron chi connectivity index (χ3n) is 1.86. The molecule has 0 aliphatic rings. The van der Waals surface area contributed by atoms with Gasteiger partial charge in [0.15, 0.2) is 5.12 Å². The Balaban J connectivity index is 2.51. The topological polar surface area (TPSA) is 67.3 Å². The molecule has 4 nitrogen and oxygen atoms in total. The van der Waals surface area contributed by atoms with Crippen LogP contribution in [-0.4, -0.2) is 26.9 Å². The van der Waals surface area contributed by atoms with Crippen molar-refractivity contribution < 1.29 is 14.7 Å². The summed E-state index contributed by atoms with van der Waals surface area (Å²) in [5, 5.41) is 9.65. The van der Waals surface area contributed by atoms with Crippen molar-refractivity contribution in [1.29, 1.82) is 0 Å². The highest BCUT2D eigenvalue weighted by molar-refractivity contribution is 8.13. The van der Waals surface area contributed by atoms with E-state index in [9.17, 15) is 9.59 Å². The lowest BCUT2D eigenvalue weighted by Gasteiger charge is -1.90. The molecule has 1 aromatic heterocycles. The van der Waals surface area contributed by atoms with Crippen molar-refractivity contribution in [2.75, 3.05) is 5.75 Å². The second-order valence-corrected chi connectivity index (χ2v) is 5.61. The maximum Gasteiger partial charge on any atom is 0.347 e. The molecule has 17 heavy (non-hydrogen) atoms. The number of nitrogens with zero attached hydrogens (tertiary/aromatic N) is 1. The monoisotopic (exact) mass is 271 g/mol. The maximum absolute atomic E-state index is 10.8. The van der Waals surface area contributed by atoms with E-state index in [1.807, 2.05) is 6.08 Å². The molecule has 1 aromatic rings. The van der Waals surface area contributed by atoms with E-state index >= 15 is 0 Å². The highest BCUT2D eigenvalue weighted by atomic mass is 32.2. The number of rotatable bonds is 5. The summed E-state index contributed by atoms with van der Waals surface area (Å²) in [5.41, 5.74) is 0.542.